The normalized spacial score (nSPS) is 15.8. The molecule has 1 aliphatic rings. The van der Waals surface area contributed by atoms with Gasteiger partial charge >= 0.3 is 12.1 Å². The molecule has 9 nitrogen and oxygen atoms in total. The lowest BCUT2D eigenvalue weighted by Gasteiger charge is -2.32. The van der Waals surface area contributed by atoms with E-state index in [1.54, 1.807) is 6.07 Å². The van der Waals surface area contributed by atoms with E-state index < -0.39 is 24.0 Å². The number of rotatable bonds is 6. The van der Waals surface area contributed by atoms with Crippen LogP contribution in [0, 0.1) is 5.92 Å². The number of benzene rings is 1. The monoisotopic (exact) mass is 476 g/mol. The fraction of sp³-hybridized carbons (Fsp3) is 0.409. The van der Waals surface area contributed by atoms with Crippen molar-refractivity contribution < 1.29 is 27.5 Å². The van der Waals surface area contributed by atoms with E-state index in [0.717, 1.165) is 5.56 Å². The number of nitrogens with zero attached hydrogens (tertiary/aromatic N) is 5. The molecule has 1 N–H and O–H groups in total. The summed E-state index contributed by atoms with van der Waals surface area (Å²) in [6.07, 6.45) is -3.69. The van der Waals surface area contributed by atoms with E-state index in [-0.39, 0.29) is 23.9 Å². The van der Waals surface area contributed by atoms with Gasteiger partial charge in [0.25, 0.3) is 5.82 Å². The molecule has 0 saturated carbocycles. The van der Waals surface area contributed by atoms with Crippen molar-refractivity contribution in [1.29, 1.82) is 0 Å². The molecular weight excluding hydrogens is 453 g/mol. The van der Waals surface area contributed by atoms with Crippen LogP contribution in [0.2, 0.25) is 0 Å². The summed E-state index contributed by atoms with van der Waals surface area (Å²) >= 11 is 0. The molecule has 1 aliphatic heterocycles. The summed E-state index contributed by atoms with van der Waals surface area (Å²) < 4.78 is 44.9. The Morgan fingerprint density at radius 2 is 1.82 bits per heavy atom. The number of ether oxygens (including phenoxy) is 1. The van der Waals surface area contributed by atoms with Crippen LogP contribution < -0.4 is 10.2 Å². The highest BCUT2D eigenvalue weighted by atomic mass is 19.4. The molecule has 0 aliphatic carbocycles. The maximum absolute atomic E-state index is 13.1. The van der Waals surface area contributed by atoms with Gasteiger partial charge in [-0.25, -0.2) is 0 Å². The van der Waals surface area contributed by atoms with Gasteiger partial charge in [0.15, 0.2) is 5.65 Å². The molecule has 12 heteroatoms. The van der Waals surface area contributed by atoms with Gasteiger partial charge in [-0.3, -0.25) is 9.59 Å². The first kappa shape index (κ1) is 23.5. The number of amides is 1. The van der Waals surface area contributed by atoms with Crippen molar-refractivity contribution in [2.75, 3.05) is 25.1 Å². The van der Waals surface area contributed by atoms with E-state index in [4.69, 9.17) is 4.74 Å². The molecule has 34 heavy (non-hydrogen) atoms. The summed E-state index contributed by atoms with van der Waals surface area (Å²) in [5.41, 5.74) is 0.800. The second-order valence-electron chi connectivity index (χ2n) is 8.00. The molecule has 3 heterocycles. The Bertz CT molecular complexity index is 1160. The molecule has 0 radical (unpaired) electrons. The lowest BCUT2D eigenvalue weighted by atomic mass is 9.94. The molecule has 1 saturated heterocycles. The molecule has 4 rings (SSSR count). The Balaban J connectivity index is 1.42. The van der Waals surface area contributed by atoms with Crippen LogP contribution in [0.3, 0.4) is 0 Å². The number of hydrogen-bond acceptors (Lipinski definition) is 7. The molecule has 2 aromatic heterocycles. The second kappa shape index (κ2) is 9.65. The predicted octanol–water partition coefficient (Wildman–Crippen LogP) is 2.78. The van der Waals surface area contributed by atoms with E-state index in [9.17, 15) is 22.8 Å². The molecule has 1 atom stereocenters. The number of alkyl halides is 3. The first-order valence-corrected chi connectivity index (χ1v) is 10.7. The van der Waals surface area contributed by atoms with E-state index in [1.165, 1.54) is 13.2 Å². The number of carbonyl (C=O) groups excluding carboxylic acids is 2. The van der Waals surface area contributed by atoms with Crippen molar-refractivity contribution in [3.05, 3.63) is 53.9 Å². The van der Waals surface area contributed by atoms with Gasteiger partial charge in [-0.05, 0) is 30.5 Å². The number of carbonyl (C=O) groups is 2. The Morgan fingerprint density at radius 3 is 2.47 bits per heavy atom. The number of methoxy groups -OCH3 is 1. The number of hydrogen-bond donors (Lipinski definition) is 1. The van der Waals surface area contributed by atoms with Crippen molar-refractivity contribution >= 4 is 23.3 Å². The third-order valence-corrected chi connectivity index (χ3v) is 5.81. The zero-order chi connectivity index (χ0) is 24.3. The van der Waals surface area contributed by atoms with Crippen LogP contribution >= 0.6 is 0 Å². The Morgan fingerprint density at radius 1 is 1.12 bits per heavy atom. The molecule has 1 amide bonds. The second-order valence-corrected chi connectivity index (χ2v) is 8.00. The molecule has 180 valence electrons. The minimum absolute atomic E-state index is 0.00268. The summed E-state index contributed by atoms with van der Waals surface area (Å²) in [5.74, 6) is -1.75. The van der Waals surface area contributed by atoms with Gasteiger partial charge in [-0.1, -0.05) is 30.3 Å². The average Bonchev–Trinajstić information content (AvgIpc) is 3.28. The van der Waals surface area contributed by atoms with Gasteiger partial charge in [0, 0.05) is 19.0 Å². The Labute approximate surface area is 192 Å². The van der Waals surface area contributed by atoms with Crippen LogP contribution in [0.5, 0.6) is 0 Å². The van der Waals surface area contributed by atoms with Crippen LogP contribution in [-0.2, 0) is 20.5 Å². The standard InChI is InChI=1S/C22H23F3N6O3/c1-34-19(32)13-16(14-5-3-2-4-6-14)26-20(33)15-9-11-30(12-10-15)18-8-7-17-27-28-21(22(23,24)25)31(17)29-18/h2-8,15-16H,9-13H2,1H3,(H,26,33). The maximum Gasteiger partial charge on any atom is 0.453 e. The quantitative estimate of drug-likeness (QED) is 0.546. The SMILES string of the molecule is COC(=O)CC(NC(=O)C1CCN(c2ccc3nnc(C(F)(F)F)n3n2)CC1)c1ccccc1. The Kier molecular flexibility index (Phi) is 6.66. The number of aromatic nitrogens is 4. The van der Waals surface area contributed by atoms with Crippen LogP contribution in [0.4, 0.5) is 19.0 Å². The maximum atomic E-state index is 13.1. The van der Waals surface area contributed by atoms with Crippen molar-refractivity contribution in [2.45, 2.75) is 31.5 Å². The van der Waals surface area contributed by atoms with E-state index in [0.29, 0.717) is 36.3 Å². The largest absolute Gasteiger partial charge is 0.469 e. The molecular formula is C22H23F3N6O3. The summed E-state index contributed by atoms with van der Waals surface area (Å²) in [6.45, 7) is 0.875. The lowest BCUT2D eigenvalue weighted by Crippen LogP contribution is -2.42. The summed E-state index contributed by atoms with van der Waals surface area (Å²) in [5, 5.41) is 13.7. The number of piperidine rings is 1. The molecule has 0 spiro atoms. The first-order valence-electron chi connectivity index (χ1n) is 10.7. The van der Waals surface area contributed by atoms with E-state index >= 15 is 0 Å². The van der Waals surface area contributed by atoms with Crippen molar-refractivity contribution in [3.63, 3.8) is 0 Å². The summed E-state index contributed by atoms with van der Waals surface area (Å²) in [6, 6.07) is 11.7. The van der Waals surface area contributed by atoms with Crippen LogP contribution in [-0.4, -0.2) is 51.9 Å². The minimum Gasteiger partial charge on any atom is -0.469 e. The third kappa shape index (κ3) is 5.10. The van der Waals surface area contributed by atoms with Gasteiger partial charge in [-0.15, -0.1) is 15.3 Å². The molecule has 3 aromatic rings. The fourth-order valence-electron chi connectivity index (χ4n) is 3.97. The Hall–Kier alpha value is -3.70. The van der Waals surface area contributed by atoms with E-state index in [1.807, 2.05) is 35.2 Å². The van der Waals surface area contributed by atoms with Gasteiger partial charge in [0.1, 0.15) is 5.82 Å². The fourth-order valence-corrected chi connectivity index (χ4v) is 3.97. The van der Waals surface area contributed by atoms with Gasteiger partial charge < -0.3 is 15.0 Å². The molecule has 0 bridgehead atoms. The highest BCUT2D eigenvalue weighted by Crippen LogP contribution is 2.29. The van der Waals surface area contributed by atoms with Gasteiger partial charge in [0.05, 0.1) is 19.6 Å². The third-order valence-electron chi connectivity index (χ3n) is 5.81. The van der Waals surface area contributed by atoms with Gasteiger partial charge in [0.2, 0.25) is 5.91 Å². The molecule has 1 fully saturated rings. The van der Waals surface area contributed by atoms with Crippen LogP contribution in [0.25, 0.3) is 5.65 Å². The zero-order valence-electron chi connectivity index (χ0n) is 18.3. The van der Waals surface area contributed by atoms with Crippen LogP contribution in [0.1, 0.15) is 36.7 Å². The first-order chi connectivity index (χ1) is 16.3. The van der Waals surface area contributed by atoms with Gasteiger partial charge in [-0.2, -0.15) is 17.7 Å². The molecule has 1 unspecified atom stereocenters. The number of fused-ring (bicyclic) bond motifs is 1. The number of anilines is 1. The molecule has 1 aromatic carbocycles. The number of nitrogens with one attached hydrogen (secondary N) is 1. The predicted molar refractivity (Wildman–Crippen MR) is 115 cm³/mol. The average molecular weight is 476 g/mol. The number of halogens is 3. The highest BCUT2D eigenvalue weighted by Gasteiger charge is 2.38. The topological polar surface area (TPSA) is 102 Å². The van der Waals surface area contributed by atoms with Crippen molar-refractivity contribution in [1.82, 2.24) is 25.1 Å². The smallest absolute Gasteiger partial charge is 0.453 e. The van der Waals surface area contributed by atoms with E-state index in [2.05, 4.69) is 20.6 Å². The minimum atomic E-state index is -4.67. The van der Waals surface area contributed by atoms with Crippen LogP contribution in [0.15, 0.2) is 42.5 Å². The summed E-state index contributed by atoms with van der Waals surface area (Å²) in [4.78, 5) is 26.6. The number of esters is 1. The zero-order valence-corrected chi connectivity index (χ0v) is 18.3. The van der Waals surface area contributed by atoms with Crippen molar-refractivity contribution in [2.24, 2.45) is 5.92 Å². The lowest BCUT2D eigenvalue weighted by molar-refractivity contribution is -0.146. The van der Waals surface area contributed by atoms with Crippen molar-refractivity contribution in [3.8, 4) is 0 Å². The summed E-state index contributed by atoms with van der Waals surface area (Å²) in [7, 11) is 1.30. The highest BCUT2D eigenvalue weighted by molar-refractivity contribution is 5.80.